The maximum atomic E-state index is 15.2. The lowest BCUT2D eigenvalue weighted by Crippen LogP contribution is -2.44. The summed E-state index contributed by atoms with van der Waals surface area (Å²) in [6.07, 6.45) is 0.568. The number of nitrogens with one attached hydrogen (secondary N) is 1. The topological polar surface area (TPSA) is 90.6 Å². The highest BCUT2D eigenvalue weighted by Crippen LogP contribution is 2.31. The van der Waals surface area contributed by atoms with Crippen molar-refractivity contribution in [1.82, 2.24) is 19.8 Å². The SMILES string of the molecule is CN1CCN(c2cc(-c3cc4c(cc3F)CCN(C(=O)Nc3ccc(Cl)cc3)C4)nc(N)n2)CC1. The van der Waals surface area contributed by atoms with Gasteiger partial charge in [0.1, 0.15) is 11.6 Å². The van der Waals surface area contributed by atoms with Gasteiger partial charge in [0.05, 0.1) is 5.69 Å². The predicted molar refractivity (Wildman–Crippen MR) is 136 cm³/mol. The average molecular weight is 496 g/mol. The number of urea groups is 1. The molecule has 5 rings (SSSR count). The normalized spacial score (nSPS) is 16.2. The smallest absolute Gasteiger partial charge is 0.322 e. The minimum atomic E-state index is -0.356. The zero-order valence-corrected chi connectivity index (χ0v) is 20.2. The van der Waals surface area contributed by atoms with Crippen molar-refractivity contribution in [2.24, 2.45) is 0 Å². The molecule has 35 heavy (non-hydrogen) atoms. The fourth-order valence-electron chi connectivity index (χ4n) is 4.47. The van der Waals surface area contributed by atoms with Gasteiger partial charge in [0.15, 0.2) is 0 Å². The number of piperazine rings is 1. The number of halogens is 2. The maximum Gasteiger partial charge on any atom is 0.322 e. The van der Waals surface area contributed by atoms with Crippen LogP contribution in [0.3, 0.4) is 0 Å². The Balaban J connectivity index is 1.38. The van der Waals surface area contributed by atoms with Gasteiger partial charge in [-0.25, -0.2) is 14.2 Å². The van der Waals surface area contributed by atoms with E-state index in [0.717, 1.165) is 37.3 Å². The van der Waals surface area contributed by atoms with Gasteiger partial charge < -0.3 is 25.8 Å². The summed E-state index contributed by atoms with van der Waals surface area (Å²) in [5.74, 6) is 0.449. The molecular formula is C25H27ClFN7O. The maximum absolute atomic E-state index is 15.2. The Labute approximate surface area is 208 Å². The van der Waals surface area contributed by atoms with Gasteiger partial charge in [0, 0.05) is 61.6 Å². The number of fused-ring (bicyclic) bond motifs is 1. The van der Waals surface area contributed by atoms with E-state index in [1.54, 1.807) is 47.4 Å². The molecule has 10 heteroatoms. The molecule has 2 aliphatic rings. The lowest BCUT2D eigenvalue weighted by molar-refractivity contribution is 0.206. The van der Waals surface area contributed by atoms with E-state index >= 15 is 4.39 Å². The number of nitrogens with two attached hydrogens (primary N) is 1. The fraction of sp³-hybridized carbons (Fsp3) is 0.320. The van der Waals surface area contributed by atoms with E-state index in [9.17, 15) is 4.79 Å². The van der Waals surface area contributed by atoms with Crippen LogP contribution < -0.4 is 16.0 Å². The van der Waals surface area contributed by atoms with Gasteiger partial charge in [-0.3, -0.25) is 0 Å². The number of rotatable bonds is 3. The molecule has 0 unspecified atom stereocenters. The van der Waals surface area contributed by atoms with Crippen molar-refractivity contribution >= 4 is 35.1 Å². The van der Waals surface area contributed by atoms with E-state index in [1.807, 2.05) is 0 Å². The van der Waals surface area contributed by atoms with Crippen LogP contribution in [0.15, 0.2) is 42.5 Å². The van der Waals surface area contributed by atoms with Crippen LogP contribution in [-0.4, -0.2) is 65.6 Å². The summed E-state index contributed by atoms with van der Waals surface area (Å²) in [4.78, 5) is 27.6. The number of nitrogen functional groups attached to an aromatic ring is 1. The minimum Gasteiger partial charge on any atom is -0.368 e. The largest absolute Gasteiger partial charge is 0.368 e. The number of carbonyl (C=O) groups is 1. The molecule has 0 bridgehead atoms. The second-order valence-corrected chi connectivity index (χ2v) is 9.41. The van der Waals surface area contributed by atoms with E-state index < -0.39 is 0 Å². The summed E-state index contributed by atoms with van der Waals surface area (Å²) in [5.41, 5.74) is 9.25. The minimum absolute atomic E-state index is 0.109. The Hall–Kier alpha value is -3.43. The molecule has 1 saturated heterocycles. The Morgan fingerprint density at radius 3 is 2.51 bits per heavy atom. The molecule has 2 aliphatic heterocycles. The molecular weight excluding hydrogens is 469 g/mol. The summed E-state index contributed by atoms with van der Waals surface area (Å²) >= 11 is 5.93. The van der Waals surface area contributed by atoms with Gasteiger partial charge in [0.2, 0.25) is 5.95 Å². The van der Waals surface area contributed by atoms with Gasteiger partial charge in [-0.1, -0.05) is 11.6 Å². The third kappa shape index (κ3) is 5.16. The first-order valence-corrected chi connectivity index (χ1v) is 11.9. The first-order chi connectivity index (χ1) is 16.9. The molecule has 0 saturated carbocycles. The van der Waals surface area contributed by atoms with Crippen LogP contribution in [0.4, 0.5) is 26.6 Å². The van der Waals surface area contributed by atoms with Crippen molar-refractivity contribution in [2.75, 3.05) is 55.7 Å². The number of aromatic nitrogens is 2. The van der Waals surface area contributed by atoms with Gasteiger partial charge in [-0.15, -0.1) is 0 Å². The molecule has 2 aromatic carbocycles. The summed E-state index contributed by atoms with van der Waals surface area (Å²) in [6, 6.07) is 11.9. The number of anilines is 3. The first kappa shape index (κ1) is 23.3. The standard InChI is InChI=1S/C25H27ClFN7O/c1-32-8-10-33(11-9-32)23-14-22(30-24(28)31-23)20-12-17-15-34(7-6-16(17)13-21(20)27)25(35)29-19-4-2-18(26)3-5-19/h2-5,12-14H,6-11,15H2,1H3,(H,29,35)(H2,28,30,31). The molecule has 0 aliphatic carbocycles. The van der Waals surface area contributed by atoms with E-state index in [2.05, 4.69) is 32.1 Å². The van der Waals surface area contributed by atoms with Gasteiger partial charge in [0.25, 0.3) is 0 Å². The number of hydrogen-bond donors (Lipinski definition) is 2. The number of likely N-dealkylation sites (N-methyl/N-ethyl adjacent to an activating group) is 1. The van der Waals surface area contributed by atoms with Gasteiger partial charge in [-0.05, 0) is 61.0 Å². The third-order valence-corrected chi connectivity index (χ3v) is 6.77. The van der Waals surface area contributed by atoms with Crippen molar-refractivity contribution in [3.8, 4) is 11.3 Å². The fourth-order valence-corrected chi connectivity index (χ4v) is 4.60. The van der Waals surface area contributed by atoms with Gasteiger partial charge in [-0.2, -0.15) is 4.98 Å². The highest BCUT2D eigenvalue weighted by Gasteiger charge is 2.24. The monoisotopic (exact) mass is 495 g/mol. The Bertz CT molecular complexity index is 1250. The lowest BCUT2D eigenvalue weighted by Gasteiger charge is -2.33. The van der Waals surface area contributed by atoms with Crippen LogP contribution in [0.1, 0.15) is 11.1 Å². The van der Waals surface area contributed by atoms with Crippen LogP contribution >= 0.6 is 11.6 Å². The first-order valence-electron chi connectivity index (χ1n) is 11.6. The predicted octanol–water partition coefficient (Wildman–Crippen LogP) is 3.86. The summed E-state index contributed by atoms with van der Waals surface area (Å²) < 4.78 is 15.2. The van der Waals surface area contributed by atoms with Gasteiger partial charge >= 0.3 is 6.03 Å². The zero-order chi connectivity index (χ0) is 24.5. The number of nitrogens with zero attached hydrogens (tertiary/aromatic N) is 5. The molecule has 0 atom stereocenters. The Morgan fingerprint density at radius 1 is 1.03 bits per heavy atom. The van der Waals surface area contributed by atoms with E-state index in [4.69, 9.17) is 17.3 Å². The molecule has 3 heterocycles. The van der Waals surface area contributed by atoms with Crippen LogP contribution in [-0.2, 0) is 13.0 Å². The summed E-state index contributed by atoms with van der Waals surface area (Å²) in [5, 5.41) is 3.49. The molecule has 2 amide bonds. The molecule has 182 valence electrons. The zero-order valence-electron chi connectivity index (χ0n) is 19.5. The highest BCUT2D eigenvalue weighted by molar-refractivity contribution is 6.30. The van der Waals surface area contributed by atoms with Crippen molar-refractivity contribution in [1.29, 1.82) is 0 Å². The van der Waals surface area contributed by atoms with Crippen LogP contribution in [0.2, 0.25) is 5.02 Å². The molecule has 8 nitrogen and oxygen atoms in total. The Kier molecular flexibility index (Phi) is 6.44. The number of carbonyl (C=O) groups excluding carboxylic acids is 1. The van der Waals surface area contributed by atoms with Crippen LogP contribution in [0.5, 0.6) is 0 Å². The van der Waals surface area contributed by atoms with Crippen molar-refractivity contribution in [3.05, 3.63) is 64.4 Å². The van der Waals surface area contributed by atoms with E-state index in [-0.39, 0.29) is 17.8 Å². The molecule has 1 aromatic heterocycles. The van der Waals surface area contributed by atoms with Crippen molar-refractivity contribution in [2.45, 2.75) is 13.0 Å². The number of amides is 2. The molecule has 0 spiro atoms. The third-order valence-electron chi connectivity index (χ3n) is 6.52. The van der Waals surface area contributed by atoms with Crippen LogP contribution in [0.25, 0.3) is 11.3 Å². The molecule has 1 fully saturated rings. The average Bonchev–Trinajstić information content (AvgIpc) is 2.84. The number of benzene rings is 2. The highest BCUT2D eigenvalue weighted by atomic mass is 35.5. The Morgan fingerprint density at radius 2 is 1.77 bits per heavy atom. The van der Waals surface area contributed by atoms with Crippen LogP contribution in [0, 0.1) is 5.82 Å². The van der Waals surface area contributed by atoms with Crippen molar-refractivity contribution < 1.29 is 9.18 Å². The summed E-state index contributed by atoms with van der Waals surface area (Å²) in [6.45, 7) is 4.33. The quantitative estimate of drug-likeness (QED) is 0.573. The van der Waals surface area contributed by atoms with Crippen molar-refractivity contribution in [3.63, 3.8) is 0 Å². The second kappa shape index (κ2) is 9.67. The second-order valence-electron chi connectivity index (χ2n) is 8.97. The molecule has 0 radical (unpaired) electrons. The van der Waals surface area contributed by atoms with E-state index in [1.165, 1.54) is 0 Å². The number of hydrogen-bond acceptors (Lipinski definition) is 6. The summed E-state index contributed by atoms with van der Waals surface area (Å²) in [7, 11) is 2.08. The lowest BCUT2D eigenvalue weighted by atomic mass is 9.96. The van der Waals surface area contributed by atoms with E-state index in [0.29, 0.717) is 47.3 Å². The molecule has 3 N–H and O–H groups in total. The molecule has 3 aromatic rings.